The first-order chi connectivity index (χ1) is 11.6. The van der Waals surface area contributed by atoms with Gasteiger partial charge in [0.15, 0.2) is 0 Å². The third-order valence-corrected chi connectivity index (χ3v) is 5.29. The molecule has 0 unspecified atom stereocenters. The van der Waals surface area contributed by atoms with Gasteiger partial charge in [0.25, 0.3) is 5.91 Å². The fraction of sp³-hybridized carbons (Fsp3) is 0.556. The molecule has 4 nitrogen and oxygen atoms in total. The number of hydrogen-bond acceptors (Lipinski definition) is 2. The van der Waals surface area contributed by atoms with Crippen molar-refractivity contribution in [2.24, 2.45) is 5.92 Å². The molecule has 0 aromatic heterocycles. The lowest BCUT2D eigenvalue weighted by atomic mass is 9.94. The third kappa shape index (κ3) is 3.56. The van der Waals surface area contributed by atoms with Crippen LogP contribution in [-0.4, -0.2) is 47.8 Å². The summed E-state index contributed by atoms with van der Waals surface area (Å²) in [6.07, 6.45) is 4.62. The van der Waals surface area contributed by atoms with Crippen molar-refractivity contribution in [1.29, 1.82) is 0 Å². The first kappa shape index (κ1) is 17.2. The van der Waals surface area contributed by atoms with E-state index in [-0.39, 0.29) is 28.3 Å². The third-order valence-electron chi connectivity index (χ3n) is 4.98. The molecule has 2 heterocycles. The maximum Gasteiger partial charge on any atom is 0.258 e. The van der Waals surface area contributed by atoms with Crippen molar-refractivity contribution in [3.05, 3.63) is 34.6 Å². The molecule has 2 aliphatic rings. The van der Waals surface area contributed by atoms with Crippen LogP contribution in [0.15, 0.2) is 18.2 Å². The molecule has 0 saturated carbocycles. The summed E-state index contributed by atoms with van der Waals surface area (Å²) in [6.45, 7) is 2.63. The van der Waals surface area contributed by atoms with Crippen molar-refractivity contribution in [2.75, 3.05) is 26.2 Å². The predicted octanol–water partition coefficient (Wildman–Crippen LogP) is 3.34. The van der Waals surface area contributed by atoms with E-state index in [9.17, 15) is 14.0 Å². The molecule has 6 heteroatoms. The quantitative estimate of drug-likeness (QED) is 0.819. The van der Waals surface area contributed by atoms with Crippen LogP contribution in [0.3, 0.4) is 0 Å². The van der Waals surface area contributed by atoms with E-state index in [1.54, 1.807) is 4.90 Å². The van der Waals surface area contributed by atoms with Crippen molar-refractivity contribution in [2.45, 2.75) is 32.1 Å². The molecule has 0 atom stereocenters. The maximum absolute atomic E-state index is 13.9. The minimum atomic E-state index is -0.598. The minimum Gasteiger partial charge on any atom is -0.342 e. The predicted molar refractivity (Wildman–Crippen MR) is 90.5 cm³/mol. The number of amides is 2. The van der Waals surface area contributed by atoms with E-state index in [2.05, 4.69) is 0 Å². The number of carbonyl (C=O) groups excluding carboxylic acids is 2. The molecule has 0 radical (unpaired) electrons. The second kappa shape index (κ2) is 7.51. The van der Waals surface area contributed by atoms with Crippen molar-refractivity contribution in [3.63, 3.8) is 0 Å². The van der Waals surface area contributed by atoms with Crippen molar-refractivity contribution >= 4 is 23.4 Å². The number of piperidine rings is 2. The van der Waals surface area contributed by atoms with Crippen LogP contribution >= 0.6 is 11.6 Å². The van der Waals surface area contributed by atoms with Crippen molar-refractivity contribution < 1.29 is 14.0 Å². The molecule has 2 saturated heterocycles. The Morgan fingerprint density at radius 2 is 1.67 bits per heavy atom. The number of nitrogens with zero attached hydrogens (tertiary/aromatic N) is 2. The Kier molecular flexibility index (Phi) is 5.39. The molecule has 0 N–H and O–H groups in total. The summed E-state index contributed by atoms with van der Waals surface area (Å²) in [5, 5.41) is 0.131. The number of rotatable bonds is 2. The highest BCUT2D eigenvalue weighted by Gasteiger charge is 2.32. The summed E-state index contributed by atoms with van der Waals surface area (Å²) in [7, 11) is 0. The van der Waals surface area contributed by atoms with E-state index in [0.29, 0.717) is 25.9 Å². The number of carbonyl (C=O) groups is 2. The summed E-state index contributed by atoms with van der Waals surface area (Å²) in [6, 6.07) is 4.24. The Balaban J connectivity index is 1.60. The van der Waals surface area contributed by atoms with Gasteiger partial charge in [0.1, 0.15) is 5.82 Å². The molecule has 1 aromatic carbocycles. The zero-order valence-corrected chi connectivity index (χ0v) is 14.4. The largest absolute Gasteiger partial charge is 0.342 e. The normalized spacial score (nSPS) is 19.4. The van der Waals surface area contributed by atoms with E-state index in [0.717, 1.165) is 25.9 Å². The standard InChI is InChI=1S/C18H22ClFN2O2/c19-14-5-4-6-15(20)16(14)18(24)22-11-7-13(8-12-22)17(23)21-9-2-1-3-10-21/h4-6,13H,1-3,7-12H2. The second-order valence-corrected chi connectivity index (χ2v) is 6.96. The van der Waals surface area contributed by atoms with Gasteiger partial charge in [0.2, 0.25) is 5.91 Å². The van der Waals surface area contributed by atoms with Crippen LogP contribution < -0.4 is 0 Å². The van der Waals surface area contributed by atoms with Gasteiger partial charge in [-0.25, -0.2) is 4.39 Å². The highest BCUT2D eigenvalue weighted by atomic mass is 35.5. The number of benzene rings is 1. The van der Waals surface area contributed by atoms with Crippen LogP contribution in [0.5, 0.6) is 0 Å². The molecule has 2 fully saturated rings. The lowest BCUT2D eigenvalue weighted by Crippen LogP contribution is -2.45. The van der Waals surface area contributed by atoms with Gasteiger partial charge >= 0.3 is 0 Å². The minimum absolute atomic E-state index is 0.0248. The highest BCUT2D eigenvalue weighted by molar-refractivity contribution is 6.33. The van der Waals surface area contributed by atoms with Crippen molar-refractivity contribution in [1.82, 2.24) is 9.80 Å². The topological polar surface area (TPSA) is 40.6 Å². The fourth-order valence-corrected chi connectivity index (χ4v) is 3.81. The Labute approximate surface area is 146 Å². The number of hydrogen-bond donors (Lipinski definition) is 0. The molecule has 0 aliphatic carbocycles. The van der Waals surface area contributed by atoms with E-state index in [1.807, 2.05) is 4.90 Å². The molecule has 130 valence electrons. The van der Waals surface area contributed by atoms with Gasteiger partial charge in [0, 0.05) is 32.1 Å². The van der Waals surface area contributed by atoms with E-state index >= 15 is 0 Å². The SMILES string of the molecule is O=C(c1c(F)cccc1Cl)N1CCC(C(=O)N2CCCCC2)CC1. The van der Waals surface area contributed by atoms with E-state index in [1.165, 1.54) is 24.6 Å². The van der Waals surface area contributed by atoms with Gasteiger partial charge in [-0.05, 0) is 44.2 Å². The summed E-state index contributed by atoms with van der Waals surface area (Å²) in [4.78, 5) is 28.6. The van der Waals surface area contributed by atoms with Crippen LogP contribution in [0, 0.1) is 11.7 Å². The molecule has 24 heavy (non-hydrogen) atoms. The van der Waals surface area contributed by atoms with Gasteiger partial charge in [-0.2, -0.15) is 0 Å². The average molecular weight is 353 g/mol. The van der Waals surface area contributed by atoms with E-state index in [4.69, 9.17) is 11.6 Å². The molecule has 3 rings (SSSR count). The Bertz CT molecular complexity index is 603. The molecule has 1 aromatic rings. The van der Waals surface area contributed by atoms with Gasteiger partial charge in [0.05, 0.1) is 10.6 Å². The van der Waals surface area contributed by atoms with Crippen LogP contribution in [-0.2, 0) is 4.79 Å². The van der Waals surface area contributed by atoms with Crippen molar-refractivity contribution in [3.8, 4) is 0 Å². The highest BCUT2D eigenvalue weighted by Crippen LogP contribution is 2.26. The van der Waals surface area contributed by atoms with Gasteiger partial charge in [-0.3, -0.25) is 9.59 Å². The molecule has 2 amide bonds. The number of halogens is 2. The second-order valence-electron chi connectivity index (χ2n) is 6.55. The fourth-order valence-electron chi connectivity index (χ4n) is 3.56. The van der Waals surface area contributed by atoms with Crippen LogP contribution in [0.1, 0.15) is 42.5 Å². The van der Waals surface area contributed by atoms with Crippen LogP contribution in [0.25, 0.3) is 0 Å². The first-order valence-electron chi connectivity index (χ1n) is 8.60. The average Bonchev–Trinajstić information content (AvgIpc) is 2.62. The van der Waals surface area contributed by atoms with E-state index < -0.39 is 5.82 Å². The van der Waals surface area contributed by atoms with Gasteiger partial charge in [-0.1, -0.05) is 17.7 Å². The smallest absolute Gasteiger partial charge is 0.258 e. The summed E-state index contributed by atoms with van der Waals surface area (Å²) < 4.78 is 13.9. The molecule has 0 spiro atoms. The maximum atomic E-state index is 13.9. The van der Waals surface area contributed by atoms with Crippen LogP contribution in [0.2, 0.25) is 5.02 Å². The van der Waals surface area contributed by atoms with Gasteiger partial charge < -0.3 is 9.80 Å². The Morgan fingerprint density at radius 1 is 1.00 bits per heavy atom. The Hall–Kier alpha value is -1.62. The zero-order chi connectivity index (χ0) is 17.1. The lowest BCUT2D eigenvalue weighted by Gasteiger charge is -2.35. The molecular weight excluding hydrogens is 331 g/mol. The molecular formula is C18H22ClFN2O2. The Morgan fingerprint density at radius 3 is 2.29 bits per heavy atom. The summed E-state index contributed by atoms with van der Waals surface area (Å²) >= 11 is 5.98. The molecule has 2 aliphatic heterocycles. The summed E-state index contributed by atoms with van der Waals surface area (Å²) in [5.41, 5.74) is -0.0695. The monoisotopic (exact) mass is 352 g/mol. The first-order valence-corrected chi connectivity index (χ1v) is 8.98. The lowest BCUT2D eigenvalue weighted by molar-refractivity contribution is -0.137. The molecule has 0 bridgehead atoms. The van der Waals surface area contributed by atoms with Gasteiger partial charge in [-0.15, -0.1) is 0 Å². The number of likely N-dealkylation sites (tertiary alicyclic amines) is 2. The zero-order valence-electron chi connectivity index (χ0n) is 13.6. The van der Waals surface area contributed by atoms with Crippen LogP contribution in [0.4, 0.5) is 4.39 Å². The summed E-state index contributed by atoms with van der Waals surface area (Å²) in [5.74, 6) is -0.796.